The highest BCUT2D eigenvalue weighted by Gasteiger charge is 2.06. The first kappa shape index (κ1) is 16.2. The van der Waals surface area contributed by atoms with Crippen molar-refractivity contribution >= 4 is 16.9 Å². The Labute approximate surface area is 141 Å². The molecule has 0 radical (unpaired) electrons. The Bertz CT molecular complexity index is 832. The molecule has 2 N–H and O–H groups in total. The molecule has 1 aromatic carbocycles. The molecule has 0 aliphatic carbocycles. The van der Waals surface area contributed by atoms with E-state index in [4.69, 9.17) is 4.42 Å². The molecule has 0 saturated heterocycles. The summed E-state index contributed by atoms with van der Waals surface area (Å²) in [4.78, 5) is 11.8. The molecular weight excluding hydrogens is 302 g/mol. The van der Waals surface area contributed by atoms with E-state index in [9.17, 15) is 4.79 Å². The van der Waals surface area contributed by atoms with Gasteiger partial charge in [0.15, 0.2) is 0 Å². The Morgan fingerprint density at radius 3 is 2.79 bits per heavy atom. The first-order chi connectivity index (χ1) is 11.6. The summed E-state index contributed by atoms with van der Waals surface area (Å²) in [5.41, 5.74) is 2.24. The van der Waals surface area contributed by atoms with E-state index in [1.807, 2.05) is 32.0 Å². The molecular formula is C19H23N3O2. The molecule has 0 unspecified atom stereocenters. The summed E-state index contributed by atoms with van der Waals surface area (Å²) < 4.78 is 7.66. The number of benzene rings is 1. The number of fused-ring (bicyclic) bond motifs is 1. The van der Waals surface area contributed by atoms with E-state index in [-0.39, 0.29) is 6.03 Å². The number of urea groups is 1. The van der Waals surface area contributed by atoms with Gasteiger partial charge >= 0.3 is 6.03 Å². The van der Waals surface area contributed by atoms with Gasteiger partial charge in [0.05, 0.1) is 0 Å². The third-order valence-electron chi connectivity index (χ3n) is 4.12. The quantitative estimate of drug-likeness (QED) is 0.678. The summed E-state index contributed by atoms with van der Waals surface area (Å²) in [6.45, 7) is 5.82. The highest BCUT2D eigenvalue weighted by Crippen LogP contribution is 2.15. The van der Waals surface area contributed by atoms with E-state index in [0.717, 1.165) is 30.0 Å². The fraction of sp³-hybridized carbons (Fsp3) is 0.316. The molecule has 0 saturated carbocycles. The number of para-hydroxylation sites is 1. The second-order valence-electron chi connectivity index (χ2n) is 5.97. The molecule has 0 bridgehead atoms. The molecule has 5 heteroatoms. The topological polar surface area (TPSA) is 59.2 Å². The highest BCUT2D eigenvalue weighted by molar-refractivity contribution is 5.79. The molecule has 24 heavy (non-hydrogen) atoms. The predicted octanol–water partition coefficient (Wildman–Crippen LogP) is 3.74. The Balaban J connectivity index is 1.40. The third kappa shape index (κ3) is 3.79. The molecule has 2 heterocycles. The van der Waals surface area contributed by atoms with Crippen molar-refractivity contribution < 1.29 is 9.21 Å². The lowest BCUT2D eigenvalue weighted by atomic mass is 10.2. The molecule has 0 spiro atoms. The van der Waals surface area contributed by atoms with E-state index >= 15 is 0 Å². The normalized spacial score (nSPS) is 10.9. The summed E-state index contributed by atoms with van der Waals surface area (Å²) >= 11 is 0. The van der Waals surface area contributed by atoms with Crippen LogP contribution in [-0.2, 0) is 13.1 Å². The van der Waals surface area contributed by atoms with Gasteiger partial charge in [-0.3, -0.25) is 0 Å². The van der Waals surface area contributed by atoms with Crippen molar-refractivity contribution in [3.8, 4) is 0 Å². The van der Waals surface area contributed by atoms with Crippen molar-refractivity contribution in [1.29, 1.82) is 0 Å². The van der Waals surface area contributed by atoms with Gasteiger partial charge in [-0.05, 0) is 43.9 Å². The minimum atomic E-state index is -0.148. The molecule has 2 aromatic heterocycles. The van der Waals surface area contributed by atoms with Crippen LogP contribution in [0.25, 0.3) is 10.9 Å². The van der Waals surface area contributed by atoms with Crippen LogP contribution in [0.4, 0.5) is 4.79 Å². The maximum Gasteiger partial charge on any atom is 0.315 e. The van der Waals surface area contributed by atoms with Crippen LogP contribution in [0, 0.1) is 13.8 Å². The number of hydrogen-bond acceptors (Lipinski definition) is 2. The minimum Gasteiger partial charge on any atom is -0.466 e. The van der Waals surface area contributed by atoms with E-state index in [1.54, 1.807) is 0 Å². The number of carbonyl (C=O) groups is 1. The van der Waals surface area contributed by atoms with Crippen molar-refractivity contribution in [3.63, 3.8) is 0 Å². The van der Waals surface area contributed by atoms with Gasteiger partial charge in [0.2, 0.25) is 0 Å². The van der Waals surface area contributed by atoms with Crippen LogP contribution < -0.4 is 10.6 Å². The molecule has 0 aliphatic heterocycles. The first-order valence-corrected chi connectivity index (χ1v) is 8.25. The zero-order chi connectivity index (χ0) is 16.9. The van der Waals surface area contributed by atoms with E-state index in [1.165, 1.54) is 10.9 Å². The molecule has 0 fully saturated rings. The summed E-state index contributed by atoms with van der Waals surface area (Å²) in [5.74, 6) is 1.72. The van der Waals surface area contributed by atoms with Gasteiger partial charge in [-0.15, -0.1) is 0 Å². The standard InChI is InChI=1S/C19H23N3O2/c1-14-12-17(15(2)24-14)13-21-19(23)20-9-5-10-22-11-8-16-6-3-4-7-18(16)22/h3-4,6-8,11-12H,5,9-10,13H2,1-2H3,(H2,20,21,23). The number of amides is 2. The molecule has 2 amide bonds. The maximum atomic E-state index is 11.8. The fourth-order valence-electron chi connectivity index (χ4n) is 2.88. The van der Waals surface area contributed by atoms with Crippen molar-refractivity contribution in [3.05, 3.63) is 59.7 Å². The number of furan rings is 1. The largest absolute Gasteiger partial charge is 0.466 e. The van der Waals surface area contributed by atoms with Gasteiger partial charge in [0.1, 0.15) is 11.5 Å². The first-order valence-electron chi connectivity index (χ1n) is 8.25. The number of carbonyl (C=O) groups excluding carboxylic acids is 1. The third-order valence-corrected chi connectivity index (χ3v) is 4.12. The number of aryl methyl sites for hydroxylation is 3. The average molecular weight is 325 g/mol. The zero-order valence-electron chi connectivity index (χ0n) is 14.1. The Hall–Kier alpha value is -2.69. The number of hydrogen-bond donors (Lipinski definition) is 2. The number of aromatic nitrogens is 1. The number of nitrogens with one attached hydrogen (secondary N) is 2. The second kappa shape index (κ2) is 7.25. The fourth-order valence-corrected chi connectivity index (χ4v) is 2.88. The lowest BCUT2D eigenvalue weighted by molar-refractivity contribution is 0.240. The van der Waals surface area contributed by atoms with Crippen LogP contribution in [0.3, 0.4) is 0 Å². The molecule has 126 valence electrons. The lowest BCUT2D eigenvalue weighted by Crippen LogP contribution is -2.35. The summed E-state index contributed by atoms with van der Waals surface area (Å²) in [6.07, 6.45) is 2.98. The van der Waals surface area contributed by atoms with Gasteiger partial charge in [0.25, 0.3) is 0 Å². The van der Waals surface area contributed by atoms with Crippen molar-refractivity contribution in [2.24, 2.45) is 0 Å². The highest BCUT2D eigenvalue weighted by atomic mass is 16.3. The minimum absolute atomic E-state index is 0.148. The SMILES string of the molecule is Cc1cc(CNC(=O)NCCCn2ccc3ccccc32)c(C)o1. The van der Waals surface area contributed by atoms with E-state index < -0.39 is 0 Å². The second-order valence-corrected chi connectivity index (χ2v) is 5.97. The smallest absolute Gasteiger partial charge is 0.315 e. The van der Waals surface area contributed by atoms with E-state index in [2.05, 4.69) is 39.6 Å². The molecule has 0 aliphatic rings. The van der Waals surface area contributed by atoms with Crippen LogP contribution in [0.2, 0.25) is 0 Å². The molecule has 3 rings (SSSR count). The number of rotatable bonds is 6. The Kier molecular flexibility index (Phi) is 4.89. The predicted molar refractivity (Wildman–Crippen MR) is 95.0 cm³/mol. The van der Waals surface area contributed by atoms with Gasteiger partial charge in [-0.2, -0.15) is 0 Å². The number of nitrogens with zero attached hydrogens (tertiary/aromatic N) is 1. The van der Waals surface area contributed by atoms with Crippen LogP contribution in [-0.4, -0.2) is 17.1 Å². The van der Waals surface area contributed by atoms with E-state index in [0.29, 0.717) is 13.1 Å². The monoisotopic (exact) mass is 325 g/mol. The summed E-state index contributed by atoms with van der Waals surface area (Å²) in [7, 11) is 0. The lowest BCUT2D eigenvalue weighted by Gasteiger charge is -2.08. The molecule has 5 nitrogen and oxygen atoms in total. The summed E-state index contributed by atoms with van der Waals surface area (Å²) in [5, 5.41) is 7.00. The van der Waals surface area contributed by atoms with Crippen molar-refractivity contribution in [1.82, 2.24) is 15.2 Å². The summed E-state index contributed by atoms with van der Waals surface area (Å²) in [6, 6.07) is 12.2. The van der Waals surface area contributed by atoms with Gasteiger partial charge < -0.3 is 19.6 Å². The molecule has 3 aromatic rings. The Morgan fingerprint density at radius 2 is 2.00 bits per heavy atom. The molecule has 0 atom stereocenters. The Morgan fingerprint density at radius 1 is 1.17 bits per heavy atom. The van der Waals surface area contributed by atoms with Gasteiger partial charge in [-0.1, -0.05) is 18.2 Å². The average Bonchev–Trinajstić information content (AvgIpc) is 3.12. The van der Waals surface area contributed by atoms with Crippen molar-refractivity contribution in [2.45, 2.75) is 33.4 Å². The van der Waals surface area contributed by atoms with Crippen LogP contribution in [0.5, 0.6) is 0 Å². The van der Waals surface area contributed by atoms with Crippen LogP contribution >= 0.6 is 0 Å². The van der Waals surface area contributed by atoms with Crippen molar-refractivity contribution in [2.75, 3.05) is 6.54 Å². The van der Waals surface area contributed by atoms with Crippen LogP contribution in [0.15, 0.2) is 47.0 Å². The van der Waals surface area contributed by atoms with Crippen LogP contribution in [0.1, 0.15) is 23.5 Å². The van der Waals surface area contributed by atoms with Gasteiger partial charge in [-0.25, -0.2) is 4.79 Å². The maximum absolute atomic E-state index is 11.8. The van der Waals surface area contributed by atoms with Gasteiger partial charge in [0, 0.05) is 36.9 Å². The zero-order valence-corrected chi connectivity index (χ0v) is 14.1.